The van der Waals surface area contributed by atoms with Gasteiger partial charge in [-0.1, -0.05) is 12.1 Å². The number of methoxy groups -OCH3 is 1. The van der Waals surface area contributed by atoms with Crippen LogP contribution >= 0.6 is 0 Å². The van der Waals surface area contributed by atoms with E-state index < -0.39 is 28.4 Å². The van der Waals surface area contributed by atoms with Crippen LogP contribution in [0.3, 0.4) is 0 Å². The summed E-state index contributed by atoms with van der Waals surface area (Å²) in [5.74, 6) is -0.342. The Bertz CT molecular complexity index is 730. The number of rotatable bonds is 5. The van der Waals surface area contributed by atoms with Crippen LogP contribution in [0.15, 0.2) is 24.3 Å². The average molecular weight is 386 g/mol. The van der Waals surface area contributed by atoms with Gasteiger partial charge in [0, 0.05) is 6.42 Å². The molecule has 3 unspecified atom stereocenters. The Hall–Kier alpha value is -1.60. The topological polar surface area (TPSA) is 44.8 Å². The lowest BCUT2D eigenvalue weighted by Gasteiger charge is -2.39. The van der Waals surface area contributed by atoms with Crippen LogP contribution in [0.1, 0.15) is 51.2 Å². The van der Waals surface area contributed by atoms with Gasteiger partial charge in [-0.25, -0.2) is 0 Å². The van der Waals surface area contributed by atoms with E-state index in [2.05, 4.69) is 0 Å². The summed E-state index contributed by atoms with van der Waals surface area (Å²) in [5, 5.41) is 0. The summed E-state index contributed by atoms with van der Waals surface area (Å²) in [5.41, 5.74) is -2.33. The van der Waals surface area contributed by atoms with E-state index in [4.69, 9.17) is 14.2 Å². The minimum Gasteiger partial charge on any atom is -0.469 e. The molecule has 2 bridgehead atoms. The van der Waals surface area contributed by atoms with Crippen LogP contribution in [0.2, 0.25) is 0 Å². The quantitative estimate of drug-likeness (QED) is 0.699. The number of esters is 1. The van der Waals surface area contributed by atoms with Crippen molar-refractivity contribution >= 4 is 5.97 Å². The molecule has 2 heterocycles. The van der Waals surface area contributed by atoms with Crippen LogP contribution in [0, 0.1) is 5.41 Å². The van der Waals surface area contributed by atoms with Crippen LogP contribution in [0.5, 0.6) is 0 Å². The van der Waals surface area contributed by atoms with E-state index in [1.54, 1.807) is 19.9 Å². The summed E-state index contributed by atoms with van der Waals surface area (Å²) < 4.78 is 55.9. The Morgan fingerprint density at radius 2 is 2.00 bits per heavy atom. The Morgan fingerprint density at radius 1 is 1.30 bits per heavy atom. The van der Waals surface area contributed by atoms with Gasteiger partial charge in [-0.2, -0.15) is 13.2 Å². The van der Waals surface area contributed by atoms with E-state index in [-0.39, 0.29) is 18.7 Å². The fourth-order valence-electron chi connectivity index (χ4n) is 4.29. The maximum Gasteiger partial charge on any atom is 0.416 e. The highest BCUT2D eigenvalue weighted by Gasteiger charge is 2.67. The normalized spacial score (nSPS) is 30.6. The number of alkyl halides is 3. The lowest BCUT2D eigenvalue weighted by molar-refractivity contribution is -0.172. The van der Waals surface area contributed by atoms with Crippen molar-refractivity contribution in [2.24, 2.45) is 5.41 Å². The van der Waals surface area contributed by atoms with Crippen molar-refractivity contribution in [1.82, 2.24) is 0 Å². The number of halogens is 3. The molecule has 0 amide bonds. The molecule has 0 saturated carbocycles. The smallest absolute Gasteiger partial charge is 0.416 e. The first kappa shape index (κ1) is 20.1. The van der Waals surface area contributed by atoms with E-state index >= 15 is 0 Å². The first-order valence-corrected chi connectivity index (χ1v) is 9.00. The van der Waals surface area contributed by atoms with Gasteiger partial charge in [-0.05, 0) is 51.3 Å². The molecule has 2 aliphatic rings. The fraction of sp³-hybridized carbons (Fsp3) is 0.650. The van der Waals surface area contributed by atoms with E-state index in [0.29, 0.717) is 12.0 Å². The molecule has 7 heteroatoms. The zero-order valence-corrected chi connectivity index (χ0v) is 16.0. The van der Waals surface area contributed by atoms with E-state index in [9.17, 15) is 18.0 Å². The second kappa shape index (κ2) is 6.48. The maximum absolute atomic E-state index is 12.9. The molecule has 0 spiro atoms. The second-order valence-electron chi connectivity index (χ2n) is 8.23. The molecule has 0 aliphatic carbocycles. The van der Waals surface area contributed by atoms with Gasteiger partial charge >= 0.3 is 12.1 Å². The first-order valence-electron chi connectivity index (χ1n) is 9.00. The molecule has 0 N–H and O–H groups in total. The summed E-state index contributed by atoms with van der Waals surface area (Å²) in [7, 11) is 1.35. The highest BCUT2D eigenvalue weighted by atomic mass is 19.4. The third kappa shape index (κ3) is 3.36. The minimum atomic E-state index is -4.38. The molecular weight excluding hydrogens is 361 g/mol. The summed E-state index contributed by atoms with van der Waals surface area (Å²) in [6.45, 7) is 5.60. The Balaban J connectivity index is 1.74. The SMILES string of the molecule is COC(=O)C(C)(C)C12CCC(C)(O1)C(OCc1cccc(C(F)(F)F)c1)C2. The van der Waals surface area contributed by atoms with Gasteiger partial charge in [-0.15, -0.1) is 0 Å². The van der Waals surface area contributed by atoms with Gasteiger partial charge in [0.15, 0.2) is 0 Å². The number of hydrogen-bond acceptors (Lipinski definition) is 4. The van der Waals surface area contributed by atoms with Crippen LogP contribution in [0.25, 0.3) is 0 Å². The maximum atomic E-state index is 12.9. The third-order valence-electron chi connectivity index (χ3n) is 6.19. The second-order valence-corrected chi connectivity index (χ2v) is 8.23. The molecule has 0 aromatic heterocycles. The lowest BCUT2D eigenvalue weighted by atomic mass is 9.67. The summed E-state index contributed by atoms with van der Waals surface area (Å²) >= 11 is 0. The zero-order valence-electron chi connectivity index (χ0n) is 16.0. The standard InChI is InChI=1S/C20H25F3O4/c1-17(2,16(24)25-4)19-9-8-18(3,27-19)15(11-19)26-12-13-6-5-7-14(10-13)20(21,22)23/h5-7,10,15H,8-9,11-12H2,1-4H3. The molecule has 2 aliphatic heterocycles. The van der Waals surface area contributed by atoms with Crippen LogP contribution in [-0.4, -0.2) is 30.4 Å². The first-order chi connectivity index (χ1) is 12.4. The van der Waals surface area contributed by atoms with E-state index in [0.717, 1.165) is 25.0 Å². The molecular formula is C20H25F3O4. The predicted octanol–water partition coefficient (Wildman–Crippen LogP) is 4.50. The van der Waals surface area contributed by atoms with E-state index in [1.165, 1.54) is 13.2 Å². The van der Waals surface area contributed by atoms with Crippen LogP contribution in [-0.2, 0) is 31.8 Å². The molecule has 150 valence electrons. The number of fused-ring (bicyclic) bond motifs is 2. The average Bonchev–Trinajstić information content (AvgIpc) is 3.11. The van der Waals surface area contributed by atoms with Gasteiger partial charge in [0.1, 0.15) is 0 Å². The van der Waals surface area contributed by atoms with Crippen molar-refractivity contribution in [1.29, 1.82) is 0 Å². The molecule has 0 radical (unpaired) electrons. The molecule has 4 nitrogen and oxygen atoms in total. The van der Waals surface area contributed by atoms with E-state index in [1.807, 2.05) is 6.92 Å². The number of benzene rings is 1. The van der Waals surface area contributed by atoms with Crippen molar-refractivity contribution in [3.63, 3.8) is 0 Å². The Kier molecular flexibility index (Phi) is 4.84. The molecule has 2 saturated heterocycles. The van der Waals surface area contributed by atoms with Gasteiger partial charge in [-0.3, -0.25) is 4.79 Å². The van der Waals surface area contributed by atoms with Crippen LogP contribution < -0.4 is 0 Å². The summed E-state index contributed by atoms with van der Waals surface area (Å²) in [6, 6.07) is 5.13. The molecule has 2 fully saturated rings. The third-order valence-corrected chi connectivity index (χ3v) is 6.19. The Morgan fingerprint density at radius 3 is 2.63 bits per heavy atom. The highest BCUT2D eigenvalue weighted by Crippen LogP contribution is 2.59. The van der Waals surface area contributed by atoms with Crippen molar-refractivity contribution in [3.8, 4) is 0 Å². The van der Waals surface area contributed by atoms with Crippen LogP contribution in [0.4, 0.5) is 13.2 Å². The van der Waals surface area contributed by atoms with Crippen molar-refractivity contribution in [3.05, 3.63) is 35.4 Å². The fourth-order valence-corrected chi connectivity index (χ4v) is 4.29. The predicted molar refractivity (Wildman–Crippen MR) is 91.9 cm³/mol. The Labute approximate surface area is 157 Å². The van der Waals surface area contributed by atoms with Gasteiger partial charge in [0.05, 0.1) is 42.0 Å². The van der Waals surface area contributed by atoms with Gasteiger partial charge in [0.25, 0.3) is 0 Å². The zero-order chi connectivity index (χ0) is 20.1. The largest absolute Gasteiger partial charge is 0.469 e. The monoisotopic (exact) mass is 386 g/mol. The van der Waals surface area contributed by atoms with Crippen molar-refractivity contribution in [2.75, 3.05) is 7.11 Å². The summed E-state index contributed by atoms with van der Waals surface area (Å²) in [4.78, 5) is 12.3. The number of carbonyl (C=O) groups is 1. The number of ether oxygens (including phenoxy) is 3. The van der Waals surface area contributed by atoms with Crippen molar-refractivity contribution in [2.45, 2.75) is 70.1 Å². The number of hydrogen-bond donors (Lipinski definition) is 0. The molecule has 1 aromatic rings. The molecule has 1 aromatic carbocycles. The molecule has 3 atom stereocenters. The molecule has 3 rings (SSSR count). The highest BCUT2D eigenvalue weighted by molar-refractivity contribution is 5.77. The van der Waals surface area contributed by atoms with Gasteiger partial charge in [0.2, 0.25) is 0 Å². The lowest BCUT2D eigenvalue weighted by Crippen LogP contribution is -2.49. The summed E-state index contributed by atoms with van der Waals surface area (Å²) in [6.07, 6.45) is -2.74. The minimum absolute atomic E-state index is 0.0578. The van der Waals surface area contributed by atoms with Crippen molar-refractivity contribution < 1.29 is 32.2 Å². The molecule has 27 heavy (non-hydrogen) atoms. The van der Waals surface area contributed by atoms with Gasteiger partial charge < -0.3 is 14.2 Å². The number of carbonyl (C=O) groups excluding carboxylic acids is 1.